The van der Waals surface area contributed by atoms with E-state index in [0.29, 0.717) is 23.8 Å². The molecular weight excluding hydrogens is 378 g/mol. The minimum absolute atomic E-state index is 0.0358. The molecule has 0 fully saturated rings. The molecule has 1 amide bonds. The van der Waals surface area contributed by atoms with Crippen LogP contribution in [0.1, 0.15) is 13.8 Å². The van der Waals surface area contributed by atoms with Crippen LogP contribution in [0, 0.1) is 0 Å². The Labute approximate surface area is 157 Å². The van der Waals surface area contributed by atoms with Gasteiger partial charge < -0.3 is 9.88 Å². The highest BCUT2D eigenvalue weighted by Gasteiger charge is 2.22. The lowest BCUT2D eigenvalue weighted by molar-refractivity contribution is -0.116. The average molecular weight is 398 g/mol. The van der Waals surface area contributed by atoms with Crippen molar-refractivity contribution < 1.29 is 13.2 Å². The number of aromatic nitrogens is 1. The normalized spacial score (nSPS) is 11.5. The largest absolute Gasteiger partial charge is 0.323 e. The molecule has 1 aromatic heterocycles. The Balaban J connectivity index is 2.26. The lowest BCUT2D eigenvalue weighted by Crippen LogP contribution is -2.33. The molecule has 0 unspecified atom stereocenters. The van der Waals surface area contributed by atoms with E-state index in [4.69, 9.17) is 11.6 Å². The van der Waals surface area contributed by atoms with E-state index >= 15 is 0 Å². The van der Waals surface area contributed by atoms with Crippen LogP contribution in [0.25, 0.3) is 0 Å². The molecule has 0 atom stereocenters. The molecule has 1 N–H and O–H groups in total. The zero-order valence-electron chi connectivity index (χ0n) is 14.5. The lowest BCUT2D eigenvalue weighted by Gasteiger charge is -2.19. The van der Waals surface area contributed by atoms with Crippen molar-refractivity contribution in [3.8, 4) is 0 Å². The van der Waals surface area contributed by atoms with E-state index in [1.54, 1.807) is 38.1 Å². The number of pyridine rings is 1. The molecule has 0 aliphatic rings. The fourth-order valence-corrected chi connectivity index (χ4v) is 4.07. The molecule has 26 heavy (non-hydrogen) atoms. The van der Waals surface area contributed by atoms with Crippen molar-refractivity contribution in [1.82, 2.24) is 8.87 Å². The second kappa shape index (κ2) is 8.48. The molecule has 9 heteroatoms. The van der Waals surface area contributed by atoms with E-state index in [1.165, 1.54) is 16.6 Å². The number of hydrogen-bond acceptors (Lipinski definition) is 4. The van der Waals surface area contributed by atoms with Crippen molar-refractivity contribution in [2.75, 3.05) is 18.4 Å². The van der Waals surface area contributed by atoms with Gasteiger partial charge in [-0.1, -0.05) is 37.6 Å². The summed E-state index contributed by atoms with van der Waals surface area (Å²) in [6.07, 6.45) is 1.18. The third kappa shape index (κ3) is 4.51. The van der Waals surface area contributed by atoms with Gasteiger partial charge in [-0.15, -0.1) is 0 Å². The molecule has 0 radical (unpaired) electrons. The van der Waals surface area contributed by atoms with Crippen molar-refractivity contribution in [3.63, 3.8) is 0 Å². The Kier molecular flexibility index (Phi) is 6.57. The third-order valence-corrected chi connectivity index (χ3v) is 6.12. The number of para-hydroxylation sites is 1. The molecule has 0 aliphatic carbocycles. The average Bonchev–Trinajstić information content (AvgIpc) is 2.59. The van der Waals surface area contributed by atoms with Crippen LogP contribution < -0.4 is 10.9 Å². The lowest BCUT2D eigenvalue weighted by atomic mass is 10.3. The standard InChI is InChI=1S/C17H20ClN3O4S/c1-3-21(4-2)26(24,25)13-9-10-17(23)20(11-13)12-16(22)19-15-8-6-5-7-14(15)18/h5-11H,3-4,12H2,1-2H3,(H,19,22). The van der Waals surface area contributed by atoms with Gasteiger partial charge in [0.05, 0.1) is 15.6 Å². The number of amides is 1. The Bertz CT molecular complexity index is 952. The van der Waals surface area contributed by atoms with E-state index in [-0.39, 0.29) is 11.4 Å². The first kappa shape index (κ1) is 20.2. The number of carbonyl (C=O) groups is 1. The zero-order chi connectivity index (χ0) is 19.3. The van der Waals surface area contributed by atoms with E-state index in [1.807, 2.05) is 0 Å². The maximum atomic E-state index is 12.6. The minimum atomic E-state index is -3.72. The molecule has 1 heterocycles. The predicted molar refractivity (Wildman–Crippen MR) is 101 cm³/mol. The van der Waals surface area contributed by atoms with Gasteiger partial charge in [0.1, 0.15) is 6.54 Å². The summed E-state index contributed by atoms with van der Waals surface area (Å²) in [5.41, 5.74) is -0.0584. The fraction of sp³-hybridized carbons (Fsp3) is 0.294. The molecule has 2 rings (SSSR count). The molecule has 0 spiro atoms. The topological polar surface area (TPSA) is 88.5 Å². The highest BCUT2D eigenvalue weighted by molar-refractivity contribution is 7.89. The highest BCUT2D eigenvalue weighted by Crippen LogP contribution is 2.20. The van der Waals surface area contributed by atoms with Gasteiger partial charge in [-0.25, -0.2) is 8.42 Å². The number of benzene rings is 1. The van der Waals surface area contributed by atoms with Crippen LogP contribution in [0.15, 0.2) is 52.3 Å². The molecule has 7 nitrogen and oxygen atoms in total. The Morgan fingerprint density at radius 3 is 2.42 bits per heavy atom. The summed E-state index contributed by atoms with van der Waals surface area (Å²) in [5.74, 6) is -0.488. The van der Waals surface area contributed by atoms with Crippen LogP contribution in [0.5, 0.6) is 0 Å². The highest BCUT2D eigenvalue weighted by atomic mass is 35.5. The SMILES string of the molecule is CCN(CC)S(=O)(=O)c1ccc(=O)n(CC(=O)Nc2ccccc2Cl)c1. The first-order valence-corrected chi connectivity index (χ1v) is 9.86. The third-order valence-electron chi connectivity index (χ3n) is 3.76. The van der Waals surface area contributed by atoms with Gasteiger partial charge in [0.25, 0.3) is 5.56 Å². The molecule has 140 valence electrons. The number of hydrogen-bond donors (Lipinski definition) is 1. The monoisotopic (exact) mass is 397 g/mol. The summed E-state index contributed by atoms with van der Waals surface area (Å²) < 4.78 is 27.5. The first-order chi connectivity index (χ1) is 12.3. The van der Waals surface area contributed by atoms with Crippen molar-refractivity contribution in [2.24, 2.45) is 0 Å². The smallest absolute Gasteiger partial charge is 0.251 e. The quantitative estimate of drug-likeness (QED) is 0.775. The van der Waals surface area contributed by atoms with Crippen molar-refractivity contribution >= 4 is 33.2 Å². The minimum Gasteiger partial charge on any atom is -0.323 e. The van der Waals surface area contributed by atoms with Gasteiger partial charge in [0, 0.05) is 25.4 Å². The number of nitrogens with one attached hydrogen (secondary N) is 1. The number of anilines is 1. The number of sulfonamides is 1. The second-order valence-electron chi connectivity index (χ2n) is 5.45. The van der Waals surface area contributed by atoms with E-state index in [9.17, 15) is 18.0 Å². The van der Waals surface area contributed by atoms with E-state index in [2.05, 4.69) is 5.32 Å². The zero-order valence-corrected chi connectivity index (χ0v) is 16.0. The van der Waals surface area contributed by atoms with Crippen molar-refractivity contribution in [3.05, 3.63) is 58.0 Å². The predicted octanol–water partition coefficient (Wildman–Crippen LogP) is 2.17. The Morgan fingerprint density at radius 2 is 1.81 bits per heavy atom. The fourth-order valence-electron chi connectivity index (χ4n) is 2.41. The maximum Gasteiger partial charge on any atom is 0.251 e. The van der Waals surface area contributed by atoms with Crippen molar-refractivity contribution in [1.29, 1.82) is 0 Å². The number of halogens is 1. The Morgan fingerprint density at radius 1 is 1.15 bits per heavy atom. The van der Waals surface area contributed by atoms with Crippen LogP contribution in [-0.2, 0) is 21.4 Å². The molecular formula is C17H20ClN3O4S. The van der Waals surface area contributed by atoms with Crippen LogP contribution in [0.4, 0.5) is 5.69 Å². The van der Waals surface area contributed by atoms with Gasteiger partial charge >= 0.3 is 0 Å². The summed E-state index contributed by atoms with van der Waals surface area (Å²) in [5, 5.41) is 2.97. The molecule has 2 aromatic rings. The van der Waals surface area contributed by atoms with Crippen LogP contribution in [0.2, 0.25) is 5.02 Å². The maximum absolute atomic E-state index is 12.6. The van der Waals surface area contributed by atoms with Gasteiger partial charge in [-0.2, -0.15) is 4.31 Å². The summed E-state index contributed by atoms with van der Waals surface area (Å²) in [6, 6.07) is 9.08. The first-order valence-electron chi connectivity index (χ1n) is 8.04. The second-order valence-corrected chi connectivity index (χ2v) is 7.79. The molecule has 0 saturated heterocycles. The molecule has 1 aromatic carbocycles. The number of nitrogens with zero attached hydrogens (tertiary/aromatic N) is 2. The van der Waals surface area contributed by atoms with Crippen LogP contribution >= 0.6 is 11.6 Å². The molecule has 0 aliphatic heterocycles. The van der Waals surface area contributed by atoms with Gasteiger partial charge in [-0.3, -0.25) is 9.59 Å². The summed E-state index contributed by atoms with van der Waals surface area (Å²) in [7, 11) is -3.72. The molecule has 0 saturated carbocycles. The Hall–Kier alpha value is -2.16. The van der Waals surface area contributed by atoms with Crippen LogP contribution in [0.3, 0.4) is 0 Å². The summed E-state index contributed by atoms with van der Waals surface area (Å²) >= 11 is 5.99. The van der Waals surface area contributed by atoms with E-state index in [0.717, 1.165) is 10.6 Å². The van der Waals surface area contributed by atoms with Crippen molar-refractivity contribution in [2.45, 2.75) is 25.3 Å². The number of rotatable bonds is 7. The summed E-state index contributed by atoms with van der Waals surface area (Å²) in [6.45, 7) is 3.75. The van der Waals surface area contributed by atoms with Gasteiger partial charge in [0.15, 0.2) is 0 Å². The van der Waals surface area contributed by atoms with E-state index < -0.39 is 21.5 Å². The van der Waals surface area contributed by atoms with Crippen LogP contribution in [-0.4, -0.2) is 36.3 Å². The molecule has 0 bridgehead atoms. The number of carbonyl (C=O) groups excluding carboxylic acids is 1. The van der Waals surface area contributed by atoms with Gasteiger partial charge in [-0.05, 0) is 18.2 Å². The summed E-state index contributed by atoms with van der Waals surface area (Å²) in [4.78, 5) is 24.2. The van der Waals surface area contributed by atoms with Gasteiger partial charge in [0.2, 0.25) is 15.9 Å².